The van der Waals surface area contributed by atoms with E-state index in [1.54, 1.807) is 6.92 Å². The van der Waals surface area contributed by atoms with Gasteiger partial charge in [-0.25, -0.2) is 4.79 Å². The van der Waals surface area contributed by atoms with Gasteiger partial charge in [0.15, 0.2) is 0 Å². The topological polar surface area (TPSA) is 61.5 Å². The fourth-order valence-electron chi connectivity index (χ4n) is 1.22. The molecule has 0 saturated heterocycles. The lowest BCUT2D eigenvalue weighted by Gasteiger charge is -2.09. The summed E-state index contributed by atoms with van der Waals surface area (Å²) in [6.45, 7) is 4.23. The van der Waals surface area contributed by atoms with Gasteiger partial charge in [0, 0.05) is 4.88 Å². The quantitative estimate of drug-likeness (QED) is 0.811. The molecule has 6 heteroatoms. The van der Waals surface area contributed by atoms with Gasteiger partial charge in [0.1, 0.15) is 6.61 Å². The third-order valence-electron chi connectivity index (χ3n) is 2.06. The summed E-state index contributed by atoms with van der Waals surface area (Å²) >= 11 is 7.38. The van der Waals surface area contributed by atoms with E-state index in [-0.39, 0.29) is 25.2 Å². The number of carbonyl (C=O) groups is 1. The first kappa shape index (κ1) is 14.4. The lowest BCUT2D eigenvalue weighted by Crippen LogP contribution is -2.20. The van der Waals surface area contributed by atoms with E-state index in [2.05, 4.69) is 0 Å². The minimum atomic E-state index is -0.375. The van der Waals surface area contributed by atoms with Gasteiger partial charge in [-0.05, 0) is 25.5 Å². The molecule has 1 aromatic heterocycles. The van der Waals surface area contributed by atoms with Crippen molar-refractivity contribution in [1.82, 2.24) is 0 Å². The summed E-state index contributed by atoms with van der Waals surface area (Å²) < 4.78 is 10.6. The van der Waals surface area contributed by atoms with E-state index in [9.17, 15) is 4.79 Å². The average Bonchev–Trinajstić information content (AvgIpc) is 2.59. The first-order chi connectivity index (χ1) is 8.04. The van der Waals surface area contributed by atoms with Crippen LogP contribution in [-0.4, -0.2) is 25.8 Å². The van der Waals surface area contributed by atoms with Gasteiger partial charge in [0.2, 0.25) is 0 Å². The van der Waals surface area contributed by atoms with Crippen LogP contribution in [0.1, 0.15) is 23.4 Å². The summed E-state index contributed by atoms with van der Waals surface area (Å²) in [6.07, 6.45) is 0. The summed E-state index contributed by atoms with van der Waals surface area (Å²) in [4.78, 5) is 12.0. The van der Waals surface area contributed by atoms with Crippen molar-refractivity contribution in [1.29, 1.82) is 0 Å². The molecule has 0 fully saturated rings. The summed E-state index contributed by atoms with van der Waals surface area (Å²) in [6, 6.07) is 1.67. The SMILES string of the molecule is CCOC(=O)COCC(N)c1cc(C)c(Cl)s1. The Kier molecular flexibility index (Phi) is 5.91. The molecule has 1 aromatic rings. The standard InChI is InChI=1S/C11H16ClNO3S/c1-3-16-10(14)6-15-5-8(13)9-4-7(2)11(12)17-9/h4,8H,3,5-6,13H2,1-2H3. The molecule has 0 aliphatic rings. The largest absolute Gasteiger partial charge is 0.464 e. The van der Waals surface area contributed by atoms with E-state index in [4.69, 9.17) is 26.8 Å². The van der Waals surface area contributed by atoms with Gasteiger partial charge in [0.05, 0.1) is 23.6 Å². The Bertz CT molecular complexity index is 361. The van der Waals surface area contributed by atoms with Crippen LogP contribution in [0.25, 0.3) is 0 Å². The fraction of sp³-hybridized carbons (Fsp3) is 0.545. The van der Waals surface area contributed by atoms with Crippen molar-refractivity contribution in [2.75, 3.05) is 19.8 Å². The summed E-state index contributed by atoms with van der Waals surface area (Å²) in [5.74, 6) is -0.375. The lowest BCUT2D eigenvalue weighted by molar-refractivity contribution is -0.148. The van der Waals surface area contributed by atoms with Crippen molar-refractivity contribution in [3.63, 3.8) is 0 Å². The molecule has 0 radical (unpaired) electrons. The highest BCUT2D eigenvalue weighted by Crippen LogP contribution is 2.30. The van der Waals surface area contributed by atoms with Gasteiger partial charge in [-0.3, -0.25) is 0 Å². The number of carbonyl (C=O) groups excluding carboxylic acids is 1. The second kappa shape index (κ2) is 6.96. The van der Waals surface area contributed by atoms with E-state index in [1.165, 1.54) is 11.3 Å². The van der Waals surface area contributed by atoms with Crippen LogP contribution in [-0.2, 0) is 14.3 Å². The van der Waals surface area contributed by atoms with E-state index in [1.807, 2.05) is 13.0 Å². The Balaban J connectivity index is 2.34. The van der Waals surface area contributed by atoms with E-state index in [0.29, 0.717) is 6.61 Å². The Morgan fingerprint density at radius 1 is 1.65 bits per heavy atom. The van der Waals surface area contributed by atoms with Crippen molar-refractivity contribution in [3.05, 3.63) is 20.8 Å². The molecule has 2 N–H and O–H groups in total. The van der Waals surface area contributed by atoms with Crippen LogP contribution >= 0.6 is 22.9 Å². The third kappa shape index (κ3) is 4.63. The smallest absolute Gasteiger partial charge is 0.332 e. The van der Waals surface area contributed by atoms with Crippen LogP contribution in [0.5, 0.6) is 0 Å². The number of thiophene rings is 1. The van der Waals surface area contributed by atoms with E-state index >= 15 is 0 Å². The van der Waals surface area contributed by atoms with Gasteiger partial charge < -0.3 is 15.2 Å². The predicted molar refractivity (Wildman–Crippen MR) is 68.4 cm³/mol. The van der Waals surface area contributed by atoms with Crippen molar-refractivity contribution < 1.29 is 14.3 Å². The third-order valence-corrected chi connectivity index (χ3v) is 3.75. The van der Waals surface area contributed by atoms with Crippen LogP contribution in [0.4, 0.5) is 0 Å². The summed E-state index contributed by atoms with van der Waals surface area (Å²) in [7, 11) is 0. The summed E-state index contributed by atoms with van der Waals surface area (Å²) in [5, 5.41) is 0. The molecule has 1 rings (SSSR count). The number of aryl methyl sites for hydroxylation is 1. The lowest BCUT2D eigenvalue weighted by atomic mass is 10.2. The monoisotopic (exact) mass is 277 g/mol. The normalized spacial score (nSPS) is 12.5. The van der Waals surface area contributed by atoms with Crippen LogP contribution in [0.15, 0.2) is 6.07 Å². The van der Waals surface area contributed by atoms with Crippen molar-refractivity contribution in [3.8, 4) is 0 Å². The molecular formula is C11H16ClNO3S. The van der Waals surface area contributed by atoms with Crippen LogP contribution in [0, 0.1) is 6.92 Å². The molecule has 0 amide bonds. The number of ether oxygens (including phenoxy) is 2. The number of nitrogens with two attached hydrogens (primary N) is 1. The van der Waals surface area contributed by atoms with Crippen molar-refractivity contribution in [2.24, 2.45) is 5.73 Å². The average molecular weight is 278 g/mol. The molecule has 1 unspecified atom stereocenters. The molecule has 4 nitrogen and oxygen atoms in total. The number of hydrogen-bond acceptors (Lipinski definition) is 5. The highest BCUT2D eigenvalue weighted by molar-refractivity contribution is 7.16. The van der Waals surface area contributed by atoms with Gasteiger partial charge in [-0.15, -0.1) is 11.3 Å². The fourth-order valence-corrected chi connectivity index (χ4v) is 2.42. The predicted octanol–water partition coefficient (Wildman–Crippen LogP) is 2.29. The molecule has 1 atom stereocenters. The highest BCUT2D eigenvalue weighted by Gasteiger charge is 2.12. The molecule has 96 valence electrons. The van der Waals surface area contributed by atoms with Crippen molar-refractivity contribution in [2.45, 2.75) is 19.9 Å². The van der Waals surface area contributed by atoms with Crippen LogP contribution in [0.2, 0.25) is 4.34 Å². The molecule has 0 aliphatic carbocycles. The molecule has 0 aromatic carbocycles. The van der Waals surface area contributed by atoms with Gasteiger partial charge in [-0.2, -0.15) is 0 Å². The minimum absolute atomic E-state index is 0.0698. The first-order valence-electron chi connectivity index (χ1n) is 5.29. The van der Waals surface area contributed by atoms with Crippen LogP contribution in [0.3, 0.4) is 0 Å². The zero-order valence-electron chi connectivity index (χ0n) is 9.86. The Morgan fingerprint density at radius 2 is 2.35 bits per heavy atom. The molecule has 0 bridgehead atoms. The zero-order valence-corrected chi connectivity index (χ0v) is 11.4. The Hall–Kier alpha value is -0.620. The maximum Gasteiger partial charge on any atom is 0.332 e. The highest BCUT2D eigenvalue weighted by atomic mass is 35.5. The number of hydrogen-bond donors (Lipinski definition) is 1. The van der Waals surface area contributed by atoms with Gasteiger partial charge in [0.25, 0.3) is 0 Å². The first-order valence-corrected chi connectivity index (χ1v) is 6.48. The molecule has 0 aliphatic heterocycles. The van der Waals surface area contributed by atoms with E-state index < -0.39 is 0 Å². The number of esters is 1. The summed E-state index contributed by atoms with van der Waals surface area (Å²) in [5.41, 5.74) is 6.92. The Labute approximate surface area is 110 Å². The molecule has 1 heterocycles. The molecular weight excluding hydrogens is 262 g/mol. The number of halogens is 1. The van der Waals surface area contributed by atoms with E-state index in [0.717, 1.165) is 14.8 Å². The maximum absolute atomic E-state index is 11.0. The minimum Gasteiger partial charge on any atom is -0.464 e. The zero-order chi connectivity index (χ0) is 12.8. The maximum atomic E-state index is 11.0. The molecule has 17 heavy (non-hydrogen) atoms. The van der Waals surface area contributed by atoms with Gasteiger partial charge in [-0.1, -0.05) is 11.6 Å². The number of rotatable bonds is 6. The molecule has 0 saturated carbocycles. The van der Waals surface area contributed by atoms with Crippen LogP contribution < -0.4 is 5.73 Å². The second-order valence-electron chi connectivity index (χ2n) is 3.53. The Morgan fingerprint density at radius 3 is 2.88 bits per heavy atom. The van der Waals surface area contributed by atoms with Gasteiger partial charge >= 0.3 is 5.97 Å². The van der Waals surface area contributed by atoms with Crippen molar-refractivity contribution >= 4 is 28.9 Å². The molecule has 0 spiro atoms. The second-order valence-corrected chi connectivity index (χ2v) is 5.22.